The van der Waals surface area contributed by atoms with Gasteiger partial charge in [-0.25, -0.2) is 0 Å². The van der Waals surface area contributed by atoms with E-state index in [4.69, 9.17) is 0 Å². The van der Waals surface area contributed by atoms with Crippen LogP contribution in [-0.4, -0.2) is 59.0 Å². The predicted octanol–water partition coefficient (Wildman–Crippen LogP) is 2.35. The third kappa shape index (κ3) is 6.17. The zero-order chi connectivity index (χ0) is 22.3. The highest BCUT2D eigenvalue weighted by Gasteiger charge is 2.33. The van der Waals surface area contributed by atoms with E-state index < -0.39 is 0 Å². The zero-order valence-electron chi connectivity index (χ0n) is 18.6. The number of likely N-dealkylation sites (tertiary alicyclic amines) is 2. The molecule has 2 amide bonds. The van der Waals surface area contributed by atoms with E-state index in [0.717, 1.165) is 44.5 Å². The van der Waals surface area contributed by atoms with E-state index in [1.165, 1.54) is 11.1 Å². The summed E-state index contributed by atoms with van der Waals surface area (Å²) in [6.07, 6.45) is 2.65. The maximum absolute atomic E-state index is 12.6. The molecule has 6 heteroatoms. The minimum atomic E-state index is -0.271. The Morgan fingerprint density at radius 1 is 0.969 bits per heavy atom. The van der Waals surface area contributed by atoms with Gasteiger partial charge in [0.2, 0.25) is 11.8 Å². The molecule has 2 N–H and O–H groups in total. The lowest BCUT2D eigenvalue weighted by atomic mass is 10.1. The maximum atomic E-state index is 12.6. The third-order valence-corrected chi connectivity index (χ3v) is 6.55. The van der Waals surface area contributed by atoms with Crippen LogP contribution >= 0.6 is 0 Å². The van der Waals surface area contributed by atoms with Gasteiger partial charge in [0.1, 0.15) is 0 Å². The van der Waals surface area contributed by atoms with Crippen LogP contribution in [0.15, 0.2) is 54.6 Å². The van der Waals surface area contributed by atoms with Crippen molar-refractivity contribution in [1.82, 2.24) is 15.1 Å². The van der Waals surface area contributed by atoms with E-state index in [-0.39, 0.29) is 23.8 Å². The molecule has 0 aliphatic carbocycles. The van der Waals surface area contributed by atoms with Crippen molar-refractivity contribution >= 4 is 11.8 Å². The molecule has 0 bridgehead atoms. The lowest BCUT2D eigenvalue weighted by molar-refractivity contribution is -0.129. The second-order valence-electron chi connectivity index (χ2n) is 9.02. The highest BCUT2D eigenvalue weighted by molar-refractivity contribution is 5.89. The number of carbonyl (C=O) groups excluding carboxylic acids is 2. The van der Waals surface area contributed by atoms with Crippen LogP contribution in [0, 0.1) is 5.92 Å². The van der Waals surface area contributed by atoms with Gasteiger partial charge in [0.15, 0.2) is 0 Å². The molecule has 2 saturated heterocycles. The Bertz CT molecular complexity index is 892. The van der Waals surface area contributed by atoms with Gasteiger partial charge in [0, 0.05) is 45.7 Å². The number of nitrogens with one attached hydrogen (secondary N) is 1. The van der Waals surface area contributed by atoms with Crippen molar-refractivity contribution in [2.24, 2.45) is 5.92 Å². The molecule has 2 aliphatic heterocycles. The van der Waals surface area contributed by atoms with Crippen LogP contribution in [-0.2, 0) is 29.1 Å². The van der Waals surface area contributed by atoms with Gasteiger partial charge in [-0.1, -0.05) is 54.6 Å². The standard InChI is InChI=1S/C26H33N3O3/c30-24-11-13-28(14-12-24)18-22-8-6-21(7-9-22)17-27-26(32)23-16-25(31)29(19-23)15-10-20-4-2-1-3-5-20/h1-9,23-24,30H,10-19H2,(H,27,32). The number of benzene rings is 2. The fourth-order valence-corrected chi connectivity index (χ4v) is 4.50. The minimum Gasteiger partial charge on any atom is -0.393 e. The first-order valence-corrected chi connectivity index (χ1v) is 11.6. The van der Waals surface area contributed by atoms with Crippen LogP contribution in [0.25, 0.3) is 0 Å². The molecule has 2 fully saturated rings. The molecular weight excluding hydrogens is 402 g/mol. The Labute approximate surface area is 190 Å². The van der Waals surface area contributed by atoms with Crippen molar-refractivity contribution in [2.75, 3.05) is 26.2 Å². The quantitative estimate of drug-likeness (QED) is 0.668. The van der Waals surface area contributed by atoms with Crippen LogP contribution in [0.1, 0.15) is 36.0 Å². The number of aliphatic hydroxyl groups excluding tert-OH is 1. The molecule has 170 valence electrons. The van der Waals surface area contributed by atoms with E-state index in [1.54, 1.807) is 0 Å². The molecule has 1 unspecified atom stereocenters. The molecule has 2 aromatic rings. The van der Waals surface area contributed by atoms with Crippen molar-refractivity contribution in [3.05, 3.63) is 71.3 Å². The second kappa shape index (κ2) is 10.7. The lowest BCUT2D eigenvalue weighted by Gasteiger charge is -2.29. The van der Waals surface area contributed by atoms with Crippen molar-refractivity contribution < 1.29 is 14.7 Å². The van der Waals surface area contributed by atoms with Gasteiger partial charge >= 0.3 is 0 Å². The normalized spacial score (nSPS) is 20.0. The first-order valence-electron chi connectivity index (χ1n) is 11.6. The van der Waals surface area contributed by atoms with Gasteiger partial charge in [-0.05, 0) is 36.0 Å². The molecule has 0 radical (unpaired) electrons. The lowest BCUT2D eigenvalue weighted by Crippen LogP contribution is -2.35. The van der Waals surface area contributed by atoms with E-state index >= 15 is 0 Å². The number of carbonyl (C=O) groups is 2. The second-order valence-corrected chi connectivity index (χ2v) is 9.02. The van der Waals surface area contributed by atoms with E-state index in [0.29, 0.717) is 26.1 Å². The van der Waals surface area contributed by atoms with Crippen molar-refractivity contribution in [2.45, 2.75) is 44.9 Å². The van der Waals surface area contributed by atoms with Gasteiger partial charge in [-0.3, -0.25) is 14.5 Å². The molecule has 2 heterocycles. The Morgan fingerprint density at radius 2 is 1.66 bits per heavy atom. The summed E-state index contributed by atoms with van der Waals surface area (Å²) in [5.74, 6) is -0.251. The average Bonchev–Trinajstić information content (AvgIpc) is 3.20. The first kappa shape index (κ1) is 22.5. The minimum absolute atomic E-state index is 0.0449. The summed E-state index contributed by atoms with van der Waals surface area (Å²) < 4.78 is 0. The summed E-state index contributed by atoms with van der Waals surface area (Å²) in [7, 11) is 0. The number of amides is 2. The fourth-order valence-electron chi connectivity index (χ4n) is 4.50. The number of nitrogens with zero attached hydrogens (tertiary/aromatic N) is 2. The summed E-state index contributed by atoms with van der Waals surface area (Å²) in [6, 6.07) is 18.4. The largest absolute Gasteiger partial charge is 0.393 e. The number of piperidine rings is 1. The van der Waals surface area contributed by atoms with E-state index in [1.807, 2.05) is 23.1 Å². The van der Waals surface area contributed by atoms with Gasteiger partial charge in [0.05, 0.1) is 12.0 Å². The number of hydrogen-bond acceptors (Lipinski definition) is 4. The number of hydrogen-bond donors (Lipinski definition) is 2. The predicted molar refractivity (Wildman–Crippen MR) is 124 cm³/mol. The SMILES string of the molecule is O=C(NCc1ccc(CN2CCC(O)CC2)cc1)C1CC(=O)N(CCc2ccccc2)C1. The highest BCUT2D eigenvalue weighted by Crippen LogP contribution is 2.19. The average molecular weight is 436 g/mol. The Morgan fingerprint density at radius 3 is 2.38 bits per heavy atom. The summed E-state index contributed by atoms with van der Waals surface area (Å²) >= 11 is 0. The first-order chi connectivity index (χ1) is 15.6. The van der Waals surface area contributed by atoms with Crippen molar-refractivity contribution in [1.29, 1.82) is 0 Å². The molecule has 0 saturated carbocycles. The summed E-state index contributed by atoms with van der Waals surface area (Å²) in [5.41, 5.74) is 3.50. The summed E-state index contributed by atoms with van der Waals surface area (Å²) in [5, 5.41) is 12.6. The molecule has 0 aromatic heterocycles. The fraction of sp³-hybridized carbons (Fsp3) is 0.462. The molecule has 4 rings (SSSR count). The third-order valence-electron chi connectivity index (χ3n) is 6.55. The summed E-state index contributed by atoms with van der Waals surface area (Å²) in [6.45, 7) is 4.39. The molecule has 0 spiro atoms. The van der Waals surface area contributed by atoms with Gasteiger partial charge in [-0.2, -0.15) is 0 Å². The Hall–Kier alpha value is -2.70. The van der Waals surface area contributed by atoms with Gasteiger partial charge < -0.3 is 15.3 Å². The van der Waals surface area contributed by atoms with E-state index in [2.05, 4.69) is 46.6 Å². The van der Waals surface area contributed by atoms with Gasteiger partial charge in [-0.15, -0.1) is 0 Å². The summed E-state index contributed by atoms with van der Waals surface area (Å²) in [4.78, 5) is 29.1. The van der Waals surface area contributed by atoms with Crippen LogP contribution in [0.2, 0.25) is 0 Å². The number of rotatable bonds is 8. The van der Waals surface area contributed by atoms with Crippen LogP contribution in [0.4, 0.5) is 0 Å². The monoisotopic (exact) mass is 435 g/mol. The smallest absolute Gasteiger partial charge is 0.225 e. The van der Waals surface area contributed by atoms with Crippen molar-refractivity contribution in [3.8, 4) is 0 Å². The van der Waals surface area contributed by atoms with Gasteiger partial charge in [0.25, 0.3) is 0 Å². The van der Waals surface area contributed by atoms with Crippen LogP contribution < -0.4 is 5.32 Å². The number of aliphatic hydroxyl groups is 1. The zero-order valence-corrected chi connectivity index (χ0v) is 18.6. The van der Waals surface area contributed by atoms with E-state index in [9.17, 15) is 14.7 Å². The Kier molecular flexibility index (Phi) is 7.55. The molecular formula is C26H33N3O3. The topological polar surface area (TPSA) is 72.9 Å². The van der Waals surface area contributed by atoms with Crippen molar-refractivity contribution in [3.63, 3.8) is 0 Å². The highest BCUT2D eigenvalue weighted by atomic mass is 16.3. The molecule has 2 aromatic carbocycles. The Balaban J connectivity index is 1.20. The van der Waals surface area contributed by atoms with Crippen LogP contribution in [0.5, 0.6) is 0 Å². The molecule has 32 heavy (non-hydrogen) atoms. The molecule has 1 atom stereocenters. The molecule has 2 aliphatic rings. The molecule has 6 nitrogen and oxygen atoms in total. The van der Waals surface area contributed by atoms with Crippen LogP contribution in [0.3, 0.4) is 0 Å². The maximum Gasteiger partial charge on any atom is 0.225 e.